The summed E-state index contributed by atoms with van der Waals surface area (Å²) in [4.78, 5) is 11.4. The van der Waals surface area contributed by atoms with Crippen molar-refractivity contribution in [3.63, 3.8) is 0 Å². The van der Waals surface area contributed by atoms with Crippen molar-refractivity contribution in [2.75, 3.05) is 19.8 Å². The van der Waals surface area contributed by atoms with Gasteiger partial charge >= 0.3 is 6.18 Å². The zero-order chi connectivity index (χ0) is 13.1. The molecule has 0 aliphatic carbocycles. The summed E-state index contributed by atoms with van der Waals surface area (Å²) in [5.74, 6) is -1.13. The number of carbonyl (C=O) groups excluding carboxylic acids is 1. The lowest BCUT2D eigenvalue weighted by molar-refractivity contribution is -0.187. The van der Waals surface area contributed by atoms with E-state index in [0.717, 1.165) is 12.8 Å². The minimum atomic E-state index is -4.75. The van der Waals surface area contributed by atoms with Crippen molar-refractivity contribution < 1.29 is 22.7 Å². The molecule has 0 aromatic heterocycles. The number of halogens is 3. The molecule has 1 amide bonds. The summed E-state index contributed by atoms with van der Waals surface area (Å²) in [5, 5.41) is 2.24. The Balaban J connectivity index is 2.43. The highest BCUT2D eigenvalue weighted by molar-refractivity contribution is 5.86. The van der Waals surface area contributed by atoms with Crippen molar-refractivity contribution >= 4 is 5.91 Å². The fraction of sp³-hybridized carbons (Fsp3) is 0.900. The van der Waals surface area contributed by atoms with Crippen LogP contribution in [0.1, 0.15) is 19.8 Å². The Hall–Kier alpha value is -0.820. The fourth-order valence-electron chi connectivity index (χ4n) is 1.52. The van der Waals surface area contributed by atoms with E-state index < -0.39 is 17.6 Å². The lowest BCUT2D eigenvalue weighted by atomic mass is 9.99. The monoisotopic (exact) mass is 254 g/mol. The highest BCUT2D eigenvalue weighted by Crippen LogP contribution is 2.28. The van der Waals surface area contributed by atoms with Crippen LogP contribution >= 0.6 is 0 Å². The van der Waals surface area contributed by atoms with E-state index in [1.165, 1.54) is 0 Å². The van der Waals surface area contributed by atoms with Gasteiger partial charge in [0.05, 0.1) is 6.61 Å². The van der Waals surface area contributed by atoms with Gasteiger partial charge in [-0.15, -0.1) is 0 Å². The van der Waals surface area contributed by atoms with Crippen molar-refractivity contribution in [2.45, 2.75) is 31.5 Å². The summed E-state index contributed by atoms with van der Waals surface area (Å²) in [6.07, 6.45) is -3.05. The lowest BCUT2D eigenvalue weighted by Gasteiger charge is -2.28. The Kier molecular flexibility index (Phi) is 4.37. The molecule has 3 N–H and O–H groups in total. The molecule has 0 spiro atoms. The Labute approximate surface area is 97.7 Å². The second-order valence-electron chi connectivity index (χ2n) is 4.49. The van der Waals surface area contributed by atoms with Crippen molar-refractivity contribution in [3.05, 3.63) is 0 Å². The molecule has 100 valence electrons. The fourth-order valence-corrected chi connectivity index (χ4v) is 1.52. The van der Waals surface area contributed by atoms with Gasteiger partial charge in [0, 0.05) is 13.2 Å². The van der Waals surface area contributed by atoms with Gasteiger partial charge in [-0.2, -0.15) is 13.2 Å². The molecule has 1 heterocycles. The first-order chi connectivity index (χ1) is 7.75. The predicted octanol–water partition coefficient (Wildman–Crippen LogP) is 0.809. The average molecular weight is 254 g/mol. The van der Waals surface area contributed by atoms with Crippen LogP contribution in [0.25, 0.3) is 0 Å². The molecule has 17 heavy (non-hydrogen) atoms. The van der Waals surface area contributed by atoms with Crippen molar-refractivity contribution in [1.29, 1.82) is 0 Å². The van der Waals surface area contributed by atoms with E-state index >= 15 is 0 Å². The molecule has 2 atom stereocenters. The quantitative estimate of drug-likeness (QED) is 0.783. The zero-order valence-corrected chi connectivity index (χ0v) is 9.64. The lowest BCUT2D eigenvalue weighted by Crippen LogP contribution is -2.61. The normalized spacial score (nSPS) is 25.1. The molecular formula is C10H17F3N2O2. The molecule has 2 unspecified atom stereocenters. The zero-order valence-electron chi connectivity index (χ0n) is 9.64. The van der Waals surface area contributed by atoms with E-state index in [9.17, 15) is 18.0 Å². The Morgan fingerprint density at radius 1 is 1.53 bits per heavy atom. The van der Waals surface area contributed by atoms with E-state index in [1.807, 2.05) is 0 Å². The maximum Gasteiger partial charge on any atom is 0.415 e. The molecule has 0 saturated carbocycles. The maximum absolute atomic E-state index is 12.4. The number of ether oxygens (including phenoxy) is 1. The van der Waals surface area contributed by atoms with E-state index in [2.05, 4.69) is 5.32 Å². The summed E-state index contributed by atoms with van der Waals surface area (Å²) in [6, 6.07) is 0. The Morgan fingerprint density at radius 3 is 2.65 bits per heavy atom. The number of carbonyl (C=O) groups is 1. The number of rotatable bonds is 3. The summed E-state index contributed by atoms with van der Waals surface area (Å²) in [7, 11) is 0. The van der Waals surface area contributed by atoms with Crippen LogP contribution in [0.2, 0.25) is 0 Å². The van der Waals surface area contributed by atoms with Gasteiger partial charge in [-0.25, -0.2) is 0 Å². The molecule has 1 rings (SSSR count). The SMILES string of the molecule is CC(N)(C(=O)NCC1CCCOC1)C(F)(F)F. The van der Waals surface area contributed by atoms with Gasteiger partial charge in [-0.3, -0.25) is 4.79 Å². The number of nitrogens with two attached hydrogens (primary N) is 1. The van der Waals surface area contributed by atoms with Crippen LogP contribution in [0.15, 0.2) is 0 Å². The van der Waals surface area contributed by atoms with Gasteiger partial charge in [0.15, 0.2) is 5.54 Å². The summed E-state index contributed by atoms with van der Waals surface area (Å²) < 4.78 is 42.5. The van der Waals surface area contributed by atoms with Gasteiger partial charge < -0.3 is 15.8 Å². The topological polar surface area (TPSA) is 64.4 Å². The number of hydrogen-bond donors (Lipinski definition) is 2. The van der Waals surface area contributed by atoms with Crippen LogP contribution in [-0.4, -0.2) is 37.4 Å². The van der Waals surface area contributed by atoms with Crippen LogP contribution in [-0.2, 0) is 9.53 Å². The molecule has 0 bridgehead atoms. The van der Waals surface area contributed by atoms with E-state index in [0.29, 0.717) is 20.1 Å². The molecule has 1 fully saturated rings. The number of hydrogen-bond acceptors (Lipinski definition) is 3. The minimum absolute atomic E-state index is 0.0664. The van der Waals surface area contributed by atoms with Crippen molar-refractivity contribution in [1.82, 2.24) is 5.32 Å². The average Bonchev–Trinajstić information content (AvgIpc) is 2.25. The first-order valence-electron chi connectivity index (χ1n) is 5.47. The van der Waals surface area contributed by atoms with Gasteiger partial charge in [0.1, 0.15) is 0 Å². The highest BCUT2D eigenvalue weighted by Gasteiger charge is 2.53. The Bertz CT molecular complexity index is 273. The second-order valence-corrected chi connectivity index (χ2v) is 4.49. The molecule has 4 nitrogen and oxygen atoms in total. The van der Waals surface area contributed by atoms with Crippen LogP contribution in [0, 0.1) is 5.92 Å². The molecule has 1 aliphatic heterocycles. The maximum atomic E-state index is 12.4. The highest BCUT2D eigenvalue weighted by atomic mass is 19.4. The van der Waals surface area contributed by atoms with Gasteiger partial charge in [-0.1, -0.05) is 0 Å². The predicted molar refractivity (Wildman–Crippen MR) is 55.2 cm³/mol. The van der Waals surface area contributed by atoms with E-state index in [-0.39, 0.29) is 12.5 Å². The Morgan fingerprint density at radius 2 is 2.18 bits per heavy atom. The van der Waals surface area contributed by atoms with E-state index in [4.69, 9.17) is 10.5 Å². The van der Waals surface area contributed by atoms with Crippen molar-refractivity contribution in [3.8, 4) is 0 Å². The minimum Gasteiger partial charge on any atom is -0.381 e. The summed E-state index contributed by atoms with van der Waals surface area (Å²) >= 11 is 0. The van der Waals surface area contributed by atoms with Gasteiger partial charge in [0.2, 0.25) is 5.91 Å². The molecule has 0 aromatic carbocycles. The smallest absolute Gasteiger partial charge is 0.381 e. The van der Waals surface area contributed by atoms with Crippen LogP contribution in [0.5, 0.6) is 0 Å². The molecule has 1 aliphatic rings. The standard InChI is InChI=1S/C10H17F3N2O2/c1-9(14,10(11,12)13)8(16)15-5-7-3-2-4-17-6-7/h7H,2-6,14H2,1H3,(H,15,16). The largest absolute Gasteiger partial charge is 0.415 e. The molecule has 1 saturated heterocycles. The second kappa shape index (κ2) is 5.22. The van der Waals surface area contributed by atoms with E-state index in [1.54, 1.807) is 0 Å². The number of amides is 1. The van der Waals surface area contributed by atoms with Crippen molar-refractivity contribution in [2.24, 2.45) is 11.7 Å². The first-order valence-corrected chi connectivity index (χ1v) is 5.47. The third-order valence-corrected chi connectivity index (χ3v) is 2.87. The molecule has 7 heteroatoms. The van der Waals surface area contributed by atoms with Gasteiger partial charge in [-0.05, 0) is 25.7 Å². The number of alkyl halides is 3. The molecular weight excluding hydrogens is 237 g/mol. The first kappa shape index (κ1) is 14.2. The number of nitrogens with one attached hydrogen (secondary N) is 1. The van der Waals surface area contributed by atoms with Gasteiger partial charge in [0.25, 0.3) is 0 Å². The summed E-state index contributed by atoms with van der Waals surface area (Å²) in [6.45, 7) is 1.97. The third-order valence-electron chi connectivity index (χ3n) is 2.87. The van der Waals surface area contributed by atoms with Crippen LogP contribution in [0.3, 0.4) is 0 Å². The third kappa shape index (κ3) is 3.57. The van der Waals surface area contributed by atoms with Crippen LogP contribution in [0.4, 0.5) is 13.2 Å². The molecule has 0 radical (unpaired) electrons. The van der Waals surface area contributed by atoms with Crippen LogP contribution < -0.4 is 11.1 Å². The summed E-state index contributed by atoms with van der Waals surface area (Å²) in [5.41, 5.74) is 2.14. The molecule has 0 aromatic rings.